The van der Waals surface area contributed by atoms with Crippen LogP contribution in [0.2, 0.25) is 0 Å². The van der Waals surface area contributed by atoms with Crippen molar-refractivity contribution < 1.29 is 37.4 Å². The molecule has 0 fully saturated rings. The lowest BCUT2D eigenvalue weighted by Gasteiger charge is -2.18. The van der Waals surface area contributed by atoms with Gasteiger partial charge in [-0.15, -0.1) is 0 Å². The second-order valence-corrected chi connectivity index (χ2v) is 31.3. The Morgan fingerprint density at radius 1 is 0.267 bits per heavy atom. The SMILES string of the molecule is CCCCCCCC/C=C/CCCCCCCC(=O)OCC(COC(=O)CCCCCCC/C=C/CCCCCCCC)OC(=O)CCCCCCC/C=C/CCCCCCCC.CCCCCCCCCCCCCCCCCc1ccco1.CCCCCCCCCCCCCCCc1ccco1. The molecule has 8 nitrogen and oxygen atoms in total. The maximum atomic E-state index is 12.8. The minimum absolute atomic E-state index is 0.0806. The van der Waals surface area contributed by atoms with Gasteiger partial charge in [-0.2, -0.15) is 0 Å². The molecule has 2 aromatic heterocycles. The van der Waals surface area contributed by atoms with Crippen molar-refractivity contribution in [1.29, 1.82) is 0 Å². The summed E-state index contributed by atoms with van der Waals surface area (Å²) in [4.78, 5) is 38.0. The van der Waals surface area contributed by atoms with Gasteiger partial charge in [-0.3, -0.25) is 14.4 Å². The van der Waals surface area contributed by atoms with E-state index in [1.807, 2.05) is 12.1 Å². The summed E-state index contributed by atoms with van der Waals surface area (Å²) >= 11 is 0. The lowest BCUT2D eigenvalue weighted by Crippen LogP contribution is -2.30. The van der Waals surface area contributed by atoms with E-state index in [1.165, 1.54) is 353 Å². The number of ether oxygens (including phenoxy) is 3. The molecule has 2 aromatic rings. The van der Waals surface area contributed by atoms with E-state index in [-0.39, 0.29) is 31.1 Å². The number of carbonyl (C=O) groups is 3. The Bertz CT molecular complexity index is 2000. The van der Waals surface area contributed by atoms with Gasteiger partial charge in [0.25, 0.3) is 0 Å². The van der Waals surface area contributed by atoms with Crippen molar-refractivity contribution >= 4 is 17.9 Å². The molecule has 0 aliphatic carbocycles. The molecule has 0 bridgehead atoms. The van der Waals surface area contributed by atoms with Crippen molar-refractivity contribution in [2.24, 2.45) is 0 Å². The predicted molar refractivity (Wildman–Crippen MR) is 456 cm³/mol. The number of furan rings is 2. The third-order valence-electron chi connectivity index (χ3n) is 20.8. The maximum Gasteiger partial charge on any atom is 0.306 e. The number of hydrogen-bond donors (Lipinski definition) is 0. The van der Waals surface area contributed by atoms with E-state index in [2.05, 4.69) is 83.2 Å². The first-order valence-corrected chi connectivity index (χ1v) is 46.4. The number of hydrogen-bond acceptors (Lipinski definition) is 8. The molecule has 0 radical (unpaired) electrons. The van der Waals surface area contributed by atoms with Gasteiger partial charge in [0, 0.05) is 32.1 Å². The van der Waals surface area contributed by atoms with E-state index in [0.29, 0.717) is 19.3 Å². The minimum atomic E-state index is -0.781. The summed E-state index contributed by atoms with van der Waals surface area (Å²) in [6.45, 7) is 11.2. The number of rotatable bonds is 80. The first-order valence-electron chi connectivity index (χ1n) is 46.4. The number of aryl methyl sites for hydroxylation is 2. The zero-order valence-electron chi connectivity index (χ0n) is 70.6. The van der Waals surface area contributed by atoms with Crippen LogP contribution in [0.15, 0.2) is 82.1 Å². The molecule has 0 unspecified atom stereocenters. The van der Waals surface area contributed by atoms with Gasteiger partial charge in [0.2, 0.25) is 0 Å². The Hall–Kier alpha value is -3.81. The number of allylic oxidation sites excluding steroid dienone is 6. The van der Waals surface area contributed by atoms with Crippen LogP contribution in [0.1, 0.15) is 496 Å². The van der Waals surface area contributed by atoms with E-state index < -0.39 is 6.10 Å². The minimum Gasteiger partial charge on any atom is -0.469 e. The zero-order chi connectivity index (χ0) is 75.8. The van der Waals surface area contributed by atoms with Gasteiger partial charge in [-0.05, 0) is 133 Å². The van der Waals surface area contributed by atoms with E-state index in [4.69, 9.17) is 23.0 Å². The van der Waals surface area contributed by atoms with Crippen LogP contribution in [0.5, 0.6) is 0 Å². The highest BCUT2D eigenvalue weighted by Gasteiger charge is 2.20. The summed E-state index contributed by atoms with van der Waals surface area (Å²) in [6, 6.07) is 8.14. The average molecular weight is 1470 g/mol. The van der Waals surface area contributed by atoms with Gasteiger partial charge >= 0.3 is 17.9 Å². The van der Waals surface area contributed by atoms with E-state index >= 15 is 0 Å². The van der Waals surface area contributed by atoms with Crippen LogP contribution in [0.25, 0.3) is 0 Å². The molecule has 0 aliphatic heterocycles. The quantitative estimate of drug-likeness (QED) is 0.0279. The molecule has 612 valence electrons. The van der Waals surface area contributed by atoms with Crippen LogP contribution >= 0.6 is 0 Å². The standard InChI is InChI=1S/C57H104O6.C21H38O.C19H34O/c1-4-7-10-13-16-19-22-25-28-31-34-37-40-43-46-49-55(58)61-52-54(63-57(60)51-48-45-42-39-36-33-30-27-24-21-18-15-12-9-6-3)53-62-56(59)50-47-44-41-38-35-32-29-26-23-20-17-14-11-8-5-2;1-2-3-4-5-6-7-8-9-10-11-12-13-14-15-16-18-21-19-17-20-22-21;1-2-3-4-5-6-7-8-9-10-11-12-13-14-16-19-17-15-18-20-19/h25-30,54H,4-24,31-53H2,1-3H3;17,19-20H,2-16,18H2,1H3;15,17-18H,2-14,16H2,1H3/b28-25+,29-26+,30-27+;;. The van der Waals surface area contributed by atoms with Crippen molar-refractivity contribution in [3.8, 4) is 0 Å². The Morgan fingerprint density at radius 2 is 0.467 bits per heavy atom. The zero-order valence-corrected chi connectivity index (χ0v) is 70.6. The van der Waals surface area contributed by atoms with Gasteiger partial charge in [-0.1, -0.05) is 392 Å². The maximum absolute atomic E-state index is 12.8. The first kappa shape index (κ1) is 101. The molecule has 8 heteroatoms. The monoisotopic (exact) mass is 1470 g/mol. The fourth-order valence-corrected chi connectivity index (χ4v) is 13.8. The second kappa shape index (κ2) is 89.1. The molecule has 0 saturated carbocycles. The first-order chi connectivity index (χ1) is 51.9. The van der Waals surface area contributed by atoms with Crippen LogP contribution in [0, 0.1) is 0 Å². The summed E-state index contributed by atoms with van der Waals surface area (Å²) in [7, 11) is 0. The summed E-state index contributed by atoms with van der Waals surface area (Å²) < 4.78 is 27.5. The number of carbonyl (C=O) groups excluding carboxylic acids is 3. The van der Waals surface area contributed by atoms with Gasteiger partial charge in [0.15, 0.2) is 6.10 Å². The highest BCUT2D eigenvalue weighted by molar-refractivity contribution is 5.71. The molecule has 0 saturated heterocycles. The highest BCUT2D eigenvalue weighted by Crippen LogP contribution is 2.20. The molecule has 0 aliphatic rings. The highest BCUT2D eigenvalue weighted by atomic mass is 16.6. The van der Waals surface area contributed by atoms with Crippen molar-refractivity contribution in [3.63, 3.8) is 0 Å². The van der Waals surface area contributed by atoms with Crippen molar-refractivity contribution in [2.75, 3.05) is 13.2 Å². The van der Waals surface area contributed by atoms with Crippen molar-refractivity contribution in [3.05, 3.63) is 84.8 Å². The lowest BCUT2D eigenvalue weighted by molar-refractivity contribution is -0.167. The van der Waals surface area contributed by atoms with Gasteiger partial charge in [0.05, 0.1) is 12.5 Å². The second-order valence-electron chi connectivity index (χ2n) is 31.3. The van der Waals surface area contributed by atoms with Crippen LogP contribution < -0.4 is 0 Å². The summed E-state index contributed by atoms with van der Waals surface area (Å²) in [5, 5.41) is 0. The van der Waals surface area contributed by atoms with E-state index in [0.717, 1.165) is 101 Å². The van der Waals surface area contributed by atoms with Crippen LogP contribution in [-0.2, 0) is 41.4 Å². The number of unbranched alkanes of at least 4 members (excludes halogenated alkanes) is 59. The van der Waals surface area contributed by atoms with Crippen LogP contribution in [-0.4, -0.2) is 37.2 Å². The van der Waals surface area contributed by atoms with Gasteiger partial charge in [0.1, 0.15) is 24.7 Å². The Labute approximate surface area is 652 Å². The van der Waals surface area contributed by atoms with E-state index in [1.54, 1.807) is 12.5 Å². The summed E-state index contributed by atoms with van der Waals surface area (Å²) in [5.41, 5.74) is 0. The molecular formula is C97H176O8. The molecule has 105 heavy (non-hydrogen) atoms. The molecule has 0 aromatic carbocycles. The van der Waals surface area contributed by atoms with Crippen LogP contribution in [0.3, 0.4) is 0 Å². The normalized spacial score (nSPS) is 11.5. The van der Waals surface area contributed by atoms with E-state index in [9.17, 15) is 14.4 Å². The Balaban J connectivity index is 0.00000206. The summed E-state index contributed by atoms with van der Waals surface area (Å²) in [5.74, 6) is 1.40. The topological polar surface area (TPSA) is 105 Å². The molecule has 2 heterocycles. The third-order valence-corrected chi connectivity index (χ3v) is 20.8. The van der Waals surface area contributed by atoms with Crippen molar-refractivity contribution in [1.82, 2.24) is 0 Å². The molecular weight excluding hydrogens is 1290 g/mol. The van der Waals surface area contributed by atoms with Gasteiger partial charge in [-0.25, -0.2) is 0 Å². The lowest BCUT2D eigenvalue weighted by atomic mass is 10.0. The Morgan fingerprint density at radius 3 is 0.686 bits per heavy atom. The molecule has 0 N–H and O–H groups in total. The van der Waals surface area contributed by atoms with Crippen molar-refractivity contribution in [2.45, 2.75) is 503 Å². The smallest absolute Gasteiger partial charge is 0.306 e. The molecule has 0 spiro atoms. The molecule has 2 rings (SSSR count). The largest absolute Gasteiger partial charge is 0.469 e. The molecule has 0 atom stereocenters. The summed E-state index contributed by atoms with van der Waals surface area (Å²) in [6.07, 6.45) is 107. The number of esters is 3. The van der Waals surface area contributed by atoms with Gasteiger partial charge < -0.3 is 23.0 Å². The molecule has 0 amide bonds. The van der Waals surface area contributed by atoms with Crippen LogP contribution in [0.4, 0.5) is 0 Å². The fraction of sp³-hybridized carbons (Fsp3) is 0.825. The Kier molecular flexibility index (Phi) is 85.9. The average Bonchev–Trinajstić information content (AvgIpc) is 1.18. The fourth-order valence-electron chi connectivity index (χ4n) is 13.8. The predicted octanol–water partition coefficient (Wildman–Crippen LogP) is 32.7. The third kappa shape index (κ3) is 84.1.